The zero-order chi connectivity index (χ0) is 10.2. The van der Waals surface area contributed by atoms with E-state index >= 15 is 0 Å². The molecule has 72 valence electrons. The largest absolute Gasteiger partial charge is 0.293 e. The molecule has 0 saturated heterocycles. The Hall–Kier alpha value is 0.140. The average molecular weight is 282 g/mol. The summed E-state index contributed by atoms with van der Waals surface area (Å²) in [7, 11) is 0. The summed E-state index contributed by atoms with van der Waals surface area (Å²) in [6.45, 7) is 5.70. The van der Waals surface area contributed by atoms with Gasteiger partial charge in [0.15, 0.2) is 5.78 Å². The van der Waals surface area contributed by atoms with Crippen molar-refractivity contribution in [2.24, 2.45) is 5.41 Å². The zero-order valence-corrected chi connectivity index (χ0v) is 10.8. The van der Waals surface area contributed by atoms with Gasteiger partial charge in [-0.2, -0.15) is 0 Å². The van der Waals surface area contributed by atoms with E-state index in [1.165, 1.54) is 11.3 Å². The number of carbonyl (C=O) groups excluding carboxylic acids is 1. The van der Waals surface area contributed by atoms with E-state index in [0.29, 0.717) is 9.21 Å². The van der Waals surface area contributed by atoms with Crippen LogP contribution in [0.5, 0.6) is 0 Å². The lowest BCUT2D eigenvalue weighted by atomic mass is 9.90. The molecule has 0 aliphatic rings. The Balaban J connectivity index is 3.03. The fourth-order valence-corrected chi connectivity index (χ4v) is 2.68. The predicted molar refractivity (Wildman–Crippen MR) is 60.8 cm³/mol. The molecule has 0 spiro atoms. The fourth-order valence-electron chi connectivity index (χ4n) is 0.828. The Bertz CT molecular complexity index is 318. The van der Waals surface area contributed by atoms with Gasteiger partial charge in [0.1, 0.15) is 4.34 Å². The van der Waals surface area contributed by atoms with Gasteiger partial charge in [0.25, 0.3) is 0 Å². The van der Waals surface area contributed by atoms with Gasteiger partial charge in [0.2, 0.25) is 0 Å². The summed E-state index contributed by atoms with van der Waals surface area (Å²) in [5.74, 6) is 0.130. The predicted octanol–water partition coefficient (Wildman–Crippen LogP) is 4.39. The van der Waals surface area contributed by atoms with Crippen molar-refractivity contribution in [1.82, 2.24) is 0 Å². The van der Waals surface area contributed by atoms with E-state index in [-0.39, 0.29) is 11.2 Å². The SMILES string of the molecule is CC(C)(C)C(=O)c1cc(Br)c(Cl)s1. The molecule has 0 saturated carbocycles. The monoisotopic (exact) mass is 280 g/mol. The minimum absolute atomic E-state index is 0.130. The molecule has 0 fully saturated rings. The van der Waals surface area contributed by atoms with Crippen molar-refractivity contribution in [3.8, 4) is 0 Å². The molecule has 1 nitrogen and oxygen atoms in total. The fraction of sp³-hybridized carbons (Fsp3) is 0.444. The molecule has 4 heteroatoms. The lowest BCUT2D eigenvalue weighted by Gasteiger charge is -2.14. The number of hydrogen-bond acceptors (Lipinski definition) is 2. The maximum atomic E-state index is 11.8. The summed E-state index contributed by atoms with van der Waals surface area (Å²) in [6, 6.07) is 1.78. The van der Waals surface area contributed by atoms with Crippen molar-refractivity contribution in [1.29, 1.82) is 0 Å². The summed E-state index contributed by atoms with van der Waals surface area (Å²) in [5.41, 5.74) is -0.340. The molecule has 0 aromatic carbocycles. The lowest BCUT2D eigenvalue weighted by Crippen LogP contribution is -2.18. The first-order valence-electron chi connectivity index (χ1n) is 3.82. The number of rotatable bonds is 1. The highest BCUT2D eigenvalue weighted by Gasteiger charge is 2.25. The maximum Gasteiger partial charge on any atom is 0.178 e. The van der Waals surface area contributed by atoms with Crippen molar-refractivity contribution in [2.45, 2.75) is 20.8 Å². The first-order chi connectivity index (χ1) is 5.82. The summed E-state index contributed by atoms with van der Waals surface area (Å²) in [6.07, 6.45) is 0. The van der Waals surface area contributed by atoms with Crippen LogP contribution in [-0.4, -0.2) is 5.78 Å². The van der Waals surface area contributed by atoms with E-state index in [0.717, 1.165) is 4.47 Å². The van der Waals surface area contributed by atoms with Crippen LogP contribution in [0.15, 0.2) is 10.5 Å². The van der Waals surface area contributed by atoms with Gasteiger partial charge in [-0.1, -0.05) is 32.4 Å². The third-order valence-corrected chi connectivity index (χ3v) is 4.02. The van der Waals surface area contributed by atoms with Crippen LogP contribution in [0.1, 0.15) is 30.4 Å². The minimum atomic E-state index is -0.340. The summed E-state index contributed by atoms with van der Waals surface area (Å²) < 4.78 is 1.43. The molecule has 1 aromatic heterocycles. The van der Waals surface area contributed by atoms with Gasteiger partial charge in [0, 0.05) is 9.89 Å². The molecule has 0 radical (unpaired) electrons. The van der Waals surface area contributed by atoms with E-state index in [4.69, 9.17) is 11.6 Å². The molecule has 1 aromatic rings. The molecule has 1 rings (SSSR count). The van der Waals surface area contributed by atoms with Crippen molar-refractivity contribution >= 4 is 44.7 Å². The number of carbonyl (C=O) groups is 1. The van der Waals surface area contributed by atoms with E-state index in [2.05, 4.69) is 15.9 Å². The number of Topliss-reactive ketones (excluding diaryl/α,β-unsaturated/α-hetero) is 1. The third-order valence-electron chi connectivity index (χ3n) is 1.55. The van der Waals surface area contributed by atoms with Crippen molar-refractivity contribution in [3.05, 3.63) is 19.8 Å². The van der Waals surface area contributed by atoms with E-state index in [1.54, 1.807) is 6.07 Å². The van der Waals surface area contributed by atoms with Gasteiger partial charge in [-0.05, 0) is 22.0 Å². The summed E-state index contributed by atoms with van der Waals surface area (Å²) in [5, 5.41) is 0. The molecule has 0 aliphatic heterocycles. The molecule has 0 unspecified atom stereocenters. The summed E-state index contributed by atoms with van der Waals surface area (Å²) >= 11 is 10.4. The molecule has 1 heterocycles. The molecule has 0 atom stereocenters. The zero-order valence-electron chi connectivity index (χ0n) is 7.65. The van der Waals surface area contributed by atoms with Crippen molar-refractivity contribution in [2.75, 3.05) is 0 Å². The van der Waals surface area contributed by atoms with Gasteiger partial charge in [-0.15, -0.1) is 11.3 Å². The van der Waals surface area contributed by atoms with Crippen LogP contribution in [0.3, 0.4) is 0 Å². The molecule has 0 amide bonds. The van der Waals surface area contributed by atoms with E-state index in [9.17, 15) is 4.79 Å². The van der Waals surface area contributed by atoms with Crippen LogP contribution in [-0.2, 0) is 0 Å². The van der Waals surface area contributed by atoms with Crippen molar-refractivity contribution in [3.63, 3.8) is 0 Å². The highest BCUT2D eigenvalue weighted by atomic mass is 79.9. The Morgan fingerprint density at radius 2 is 2.08 bits per heavy atom. The average Bonchev–Trinajstić information content (AvgIpc) is 2.29. The Morgan fingerprint density at radius 1 is 1.54 bits per heavy atom. The third kappa shape index (κ3) is 2.55. The minimum Gasteiger partial charge on any atom is -0.293 e. The van der Waals surface area contributed by atoms with Crippen LogP contribution in [0.2, 0.25) is 4.34 Å². The normalized spacial score (nSPS) is 11.8. The number of thiophene rings is 1. The second-order valence-electron chi connectivity index (χ2n) is 3.81. The Morgan fingerprint density at radius 3 is 2.38 bits per heavy atom. The van der Waals surface area contributed by atoms with Crippen LogP contribution >= 0.6 is 38.9 Å². The number of hydrogen-bond donors (Lipinski definition) is 0. The highest BCUT2D eigenvalue weighted by Crippen LogP contribution is 2.35. The second kappa shape index (κ2) is 3.71. The van der Waals surface area contributed by atoms with Gasteiger partial charge in [0.05, 0.1) is 4.88 Å². The molecule has 0 N–H and O–H groups in total. The van der Waals surface area contributed by atoms with Gasteiger partial charge in [-0.3, -0.25) is 4.79 Å². The van der Waals surface area contributed by atoms with Crippen LogP contribution < -0.4 is 0 Å². The van der Waals surface area contributed by atoms with E-state index < -0.39 is 0 Å². The molecule has 13 heavy (non-hydrogen) atoms. The molecule has 0 bridgehead atoms. The highest BCUT2D eigenvalue weighted by molar-refractivity contribution is 9.10. The Labute approximate surface area is 95.2 Å². The first kappa shape index (κ1) is 11.2. The molecule has 0 aliphatic carbocycles. The molecular weight excluding hydrogens is 272 g/mol. The van der Waals surface area contributed by atoms with Gasteiger partial charge < -0.3 is 0 Å². The lowest BCUT2D eigenvalue weighted by molar-refractivity contribution is 0.0863. The quantitative estimate of drug-likeness (QED) is 0.698. The second-order valence-corrected chi connectivity index (χ2v) is 6.32. The number of ketones is 1. The van der Waals surface area contributed by atoms with Crippen LogP contribution in [0, 0.1) is 5.41 Å². The van der Waals surface area contributed by atoms with Gasteiger partial charge in [-0.25, -0.2) is 0 Å². The van der Waals surface area contributed by atoms with Gasteiger partial charge >= 0.3 is 0 Å². The number of halogens is 2. The van der Waals surface area contributed by atoms with E-state index in [1.807, 2.05) is 20.8 Å². The smallest absolute Gasteiger partial charge is 0.178 e. The van der Waals surface area contributed by atoms with Crippen LogP contribution in [0.25, 0.3) is 0 Å². The van der Waals surface area contributed by atoms with Crippen molar-refractivity contribution < 1.29 is 4.79 Å². The Kier molecular flexibility index (Phi) is 3.20. The topological polar surface area (TPSA) is 17.1 Å². The maximum absolute atomic E-state index is 11.8. The first-order valence-corrected chi connectivity index (χ1v) is 5.81. The summed E-state index contributed by atoms with van der Waals surface area (Å²) in [4.78, 5) is 12.5. The van der Waals surface area contributed by atoms with Crippen LogP contribution in [0.4, 0.5) is 0 Å². The standard InChI is InChI=1S/C9H10BrClOS/c1-9(2,3)7(12)6-4-5(10)8(11)13-6/h4H,1-3H3. The molecular formula is C9H10BrClOS.